The summed E-state index contributed by atoms with van der Waals surface area (Å²) in [6.45, 7) is 0.198. The van der Waals surface area contributed by atoms with Gasteiger partial charge in [-0.15, -0.1) is 0 Å². The molecule has 0 saturated heterocycles. The molecule has 2 aromatic rings. The zero-order chi connectivity index (χ0) is 15.3. The first-order valence-corrected chi connectivity index (χ1v) is 7.81. The SMILES string of the molecule is COc1cccc(CCNS(=O)(=O)c2c[nH]ccc2=O)c1. The monoisotopic (exact) mass is 308 g/mol. The second-order valence-corrected chi connectivity index (χ2v) is 6.11. The smallest absolute Gasteiger partial charge is 0.245 e. The fraction of sp³-hybridized carbons (Fsp3) is 0.214. The van der Waals surface area contributed by atoms with Crippen LogP contribution in [0.25, 0.3) is 0 Å². The van der Waals surface area contributed by atoms with E-state index in [2.05, 4.69) is 9.71 Å². The highest BCUT2D eigenvalue weighted by Crippen LogP contribution is 2.12. The van der Waals surface area contributed by atoms with E-state index >= 15 is 0 Å². The van der Waals surface area contributed by atoms with Gasteiger partial charge in [0.25, 0.3) is 0 Å². The maximum absolute atomic E-state index is 12.0. The van der Waals surface area contributed by atoms with E-state index in [4.69, 9.17) is 4.74 Å². The van der Waals surface area contributed by atoms with E-state index in [0.717, 1.165) is 11.3 Å². The van der Waals surface area contributed by atoms with Gasteiger partial charge in [-0.25, -0.2) is 13.1 Å². The van der Waals surface area contributed by atoms with Gasteiger partial charge in [-0.2, -0.15) is 0 Å². The topological polar surface area (TPSA) is 88.3 Å². The van der Waals surface area contributed by atoms with Gasteiger partial charge in [0, 0.05) is 25.0 Å². The third-order valence-corrected chi connectivity index (χ3v) is 4.40. The summed E-state index contributed by atoms with van der Waals surface area (Å²) in [5.74, 6) is 0.717. The van der Waals surface area contributed by atoms with Crippen molar-refractivity contribution in [2.75, 3.05) is 13.7 Å². The molecule has 2 N–H and O–H groups in total. The van der Waals surface area contributed by atoms with E-state index in [9.17, 15) is 13.2 Å². The quantitative estimate of drug-likeness (QED) is 0.830. The van der Waals surface area contributed by atoms with Gasteiger partial charge in [-0.05, 0) is 24.1 Å². The average Bonchev–Trinajstić information content (AvgIpc) is 2.47. The molecule has 0 aliphatic rings. The van der Waals surface area contributed by atoms with Crippen LogP contribution < -0.4 is 14.9 Å². The van der Waals surface area contributed by atoms with Crippen LogP contribution in [0.1, 0.15) is 5.56 Å². The zero-order valence-electron chi connectivity index (χ0n) is 11.5. The highest BCUT2D eigenvalue weighted by Gasteiger charge is 2.16. The van der Waals surface area contributed by atoms with E-state index < -0.39 is 15.5 Å². The van der Waals surface area contributed by atoms with Crippen LogP contribution in [0.15, 0.2) is 52.4 Å². The Kier molecular flexibility index (Phi) is 4.77. The Morgan fingerprint density at radius 1 is 1.29 bits per heavy atom. The zero-order valence-corrected chi connectivity index (χ0v) is 12.3. The molecule has 0 amide bonds. The number of methoxy groups -OCH3 is 1. The molecule has 0 aliphatic carbocycles. The number of rotatable bonds is 6. The lowest BCUT2D eigenvalue weighted by Gasteiger charge is -2.07. The standard InChI is InChI=1S/C14H16N2O4S/c1-20-12-4-2-3-11(9-12)5-8-16-21(18,19)14-10-15-7-6-13(14)17/h2-4,6-7,9-10,16H,5,8H2,1H3,(H,15,17). The molecule has 0 unspecified atom stereocenters. The van der Waals surface area contributed by atoms with Gasteiger partial charge in [0.05, 0.1) is 7.11 Å². The summed E-state index contributed by atoms with van der Waals surface area (Å²) < 4.78 is 31.5. The lowest BCUT2D eigenvalue weighted by Crippen LogP contribution is -2.29. The van der Waals surface area contributed by atoms with Crippen molar-refractivity contribution in [2.24, 2.45) is 0 Å². The molecular weight excluding hydrogens is 292 g/mol. The number of hydrogen-bond acceptors (Lipinski definition) is 4. The van der Waals surface area contributed by atoms with Crippen LogP contribution in [-0.4, -0.2) is 27.1 Å². The molecule has 0 radical (unpaired) electrons. The number of aromatic amines is 1. The number of ether oxygens (including phenoxy) is 1. The molecule has 21 heavy (non-hydrogen) atoms. The van der Waals surface area contributed by atoms with Gasteiger partial charge in [-0.1, -0.05) is 12.1 Å². The Bertz CT molecular complexity index is 768. The van der Waals surface area contributed by atoms with E-state index in [1.54, 1.807) is 7.11 Å². The first-order valence-electron chi connectivity index (χ1n) is 6.32. The van der Waals surface area contributed by atoms with Crippen molar-refractivity contribution in [3.63, 3.8) is 0 Å². The Labute approximate surface area is 122 Å². The van der Waals surface area contributed by atoms with Crippen molar-refractivity contribution in [3.05, 3.63) is 58.5 Å². The number of nitrogens with one attached hydrogen (secondary N) is 2. The third-order valence-electron chi connectivity index (χ3n) is 2.92. The maximum atomic E-state index is 12.0. The molecule has 1 heterocycles. The Morgan fingerprint density at radius 3 is 2.81 bits per heavy atom. The number of hydrogen-bond donors (Lipinski definition) is 2. The van der Waals surface area contributed by atoms with Crippen molar-refractivity contribution in [1.82, 2.24) is 9.71 Å². The molecule has 1 aromatic heterocycles. The average molecular weight is 308 g/mol. The van der Waals surface area contributed by atoms with Crippen LogP contribution in [0.2, 0.25) is 0 Å². The maximum Gasteiger partial charge on any atom is 0.245 e. The molecule has 0 fully saturated rings. The molecule has 6 nitrogen and oxygen atoms in total. The highest BCUT2D eigenvalue weighted by molar-refractivity contribution is 7.89. The normalized spacial score (nSPS) is 11.3. The van der Waals surface area contributed by atoms with Crippen molar-refractivity contribution in [1.29, 1.82) is 0 Å². The minimum atomic E-state index is -3.80. The summed E-state index contributed by atoms with van der Waals surface area (Å²) in [4.78, 5) is 13.8. The molecule has 0 atom stereocenters. The number of pyridine rings is 1. The van der Waals surface area contributed by atoms with Crippen LogP contribution in [0, 0.1) is 0 Å². The molecular formula is C14H16N2O4S. The van der Waals surface area contributed by atoms with Crippen molar-refractivity contribution < 1.29 is 13.2 Å². The number of aromatic nitrogens is 1. The molecule has 7 heteroatoms. The van der Waals surface area contributed by atoms with E-state index in [-0.39, 0.29) is 11.4 Å². The summed E-state index contributed by atoms with van der Waals surface area (Å²) in [5, 5.41) is 0. The van der Waals surface area contributed by atoms with E-state index in [1.165, 1.54) is 18.5 Å². The van der Waals surface area contributed by atoms with Crippen molar-refractivity contribution in [3.8, 4) is 5.75 Å². The second-order valence-electron chi connectivity index (χ2n) is 4.37. The second kappa shape index (κ2) is 6.55. The van der Waals surface area contributed by atoms with Gasteiger partial charge in [-0.3, -0.25) is 4.79 Å². The molecule has 0 aliphatic heterocycles. The first-order chi connectivity index (χ1) is 10.0. The number of sulfonamides is 1. The minimum absolute atomic E-state index is 0.198. The lowest BCUT2D eigenvalue weighted by atomic mass is 10.1. The summed E-state index contributed by atoms with van der Waals surface area (Å²) in [5.41, 5.74) is 0.404. The van der Waals surface area contributed by atoms with Crippen molar-refractivity contribution >= 4 is 10.0 Å². The van der Waals surface area contributed by atoms with Crippen LogP contribution in [0.4, 0.5) is 0 Å². The van der Waals surface area contributed by atoms with Gasteiger partial charge >= 0.3 is 0 Å². The summed E-state index contributed by atoms with van der Waals surface area (Å²) in [6, 6.07) is 8.55. The third kappa shape index (κ3) is 3.93. The Morgan fingerprint density at radius 2 is 2.10 bits per heavy atom. The van der Waals surface area contributed by atoms with E-state index in [0.29, 0.717) is 6.42 Å². The molecule has 0 saturated carbocycles. The van der Waals surface area contributed by atoms with Crippen LogP contribution in [0.5, 0.6) is 5.75 Å². The molecule has 0 spiro atoms. The fourth-order valence-electron chi connectivity index (χ4n) is 1.85. The molecule has 112 valence electrons. The van der Waals surface area contributed by atoms with Gasteiger partial charge in [0.1, 0.15) is 10.6 Å². The first kappa shape index (κ1) is 15.3. The summed E-state index contributed by atoms with van der Waals surface area (Å²) in [7, 11) is -2.23. The highest BCUT2D eigenvalue weighted by atomic mass is 32.2. The summed E-state index contributed by atoms with van der Waals surface area (Å²) >= 11 is 0. The molecule has 2 rings (SSSR count). The predicted molar refractivity (Wildman–Crippen MR) is 78.9 cm³/mol. The predicted octanol–water partition coefficient (Wildman–Crippen LogP) is 0.905. The largest absolute Gasteiger partial charge is 0.497 e. The Balaban J connectivity index is 2.03. The van der Waals surface area contributed by atoms with Crippen LogP contribution in [-0.2, 0) is 16.4 Å². The van der Waals surface area contributed by atoms with E-state index in [1.807, 2.05) is 24.3 Å². The lowest BCUT2D eigenvalue weighted by molar-refractivity contribution is 0.414. The molecule has 0 bridgehead atoms. The minimum Gasteiger partial charge on any atom is -0.497 e. The number of benzene rings is 1. The molecule has 1 aromatic carbocycles. The van der Waals surface area contributed by atoms with Crippen LogP contribution in [0.3, 0.4) is 0 Å². The summed E-state index contributed by atoms with van der Waals surface area (Å²) in [6.07, 6.45) is 3.06. The van der Waals surface area contributed by atoms with Crippen LogP contribution >= 0.6 is 0 Å². The fourth-order valence-corrected chi connectivity index (χ4v) is 2.93. The van der Waals surface area contributed by atoms with Gasteiger partial charge in [0.15, 0.2) is 0 Å². The van der Waals surface area contributed by atoms with Gasteiger partial charge in [0.2, 0.25) is 15.5 Å². The number of H-pyrrole nitrogens is 1. The van der Waals surface area contributed by atoms with Crippen molar-refractivity contribution in [2.45, 2.75) is 11.3 Å². The van der Waals surface area contributed by atoms with Gasteiger partial charge < -0.3 is 9.72 Å². The Hall–Kier alpha value is -2.12.